The first-order chi connectivity index (χ1) is 16.4. The lowest BCUT2D eigenvalue weighted by atomic mass is 10.0. The number of carbonyl (C=O) groups excluding carboxylic acids is 1. The standard InChI is InChI=1S/C26H33N5O3/c1-3-13-30-24(27)23(29-14-7-4-8-15-29)25(33)31(26(30)34)17-22(32)28-18(2)20-12-11-19-9-5-6-10-21(19)16-20/h5-6,9-12,16,18H,3-4,7-8,13-15,17,27H2,1-2H3,(H,28,32). The van der Waals surface area contributed by atoms with Gasteiger partial charge in [-0.1, -0.05) is 43.3 Å². The summed E-state index contributed by atoms with van der Waals surface area (Å²) in [6, 6.07) is 13.8. The van der Waals surface area contributed by atoms with E-state index in [2.05, 4.69) is 5.32 Å². The Hall–Kier alpha value is -3.55. The number of benzene rings is 2. The average Bonchev–Trinajstić information content (AvgIpc) is 2.85. The maximum Gasteiger partial charge on any atom is 0.333 e. The van der Waals surface area contributed by atoms with Crippen molar-refractivity contribution in [2.45, 2.75) is 58.7 Å². The summed E-state index contributed by atoms with van der Waals surface area (Å²) < 4.78 is 2.45. The molecule has 0 aliphatic carbocycles. The van der Waals surface area contributed by atoms with Gasteiger partial charge in [0.25, 0.3) is 5.56 Å². The third kappa shape index (κ3) is 4.71. The number of hydrogen-bond donors (Lipinski definition) is 2. The Labute approximate surface area is 199 Å². The molecule has 1 aliphatic heterocycles. The highest BCUT2D eigenvalue weighted by atomic mass is 16.2. The van der Waals surface area contributed by atoms with E-state index < -0.39 is 17.2 Å². The van der Waals surface area contributed by atoms with Crippen molar-refractivity contribution in [3.8, 4) is 0 Å². The molecule has 0 saturated carbocycles. The van der Waals surface area contributed by atoms with Crippen LogP contribution in [0.25, 0.3) is 10.8 Å². The van der Waals surface area contributed by atoms with Gasteiger partial charge in [0, 0.05) is 19.6 Å². The maximum atomic E-state index is 13.4. The van der Waals surface area contributed by atoms with E-state index in [4.69, 9.17) is 5.73 Å². The Morgan fingerprint density at radius 2 is 1.74 bits per heavy atom. The second-order valence-corrected chi connectivity index (χ2v) is 9.00. The minimum Gasteiger partial charge on any atom is -0.383 e. The number of aromatic nitrogens is 2. The molecule has 8 heteroatoms. The number of amides is 1. The van der Waals surface area contributed by atoms with E-state index in [1.165, 1.54) is 4.57 Å². The Kier molecular flexibility index (Phi) is 7.05. The van der Waals surface area contributed by atoms with Crippen molar-refractivity contribution in [3.05, 3.63) is 68.9 Å². The molecular weight excluding hydrogens is 430 g/mol. The fourth-order valence-corrected chi connectivity index (χ4v) is 4.69. The monoisotopic (exact) mass is 463 g/mol. The maximum absolute atomic E-state index is 13.4. The number of nitrogens with one attached hydrogen (secondary N) is 1. The van der Waals surface area contributed by atoms with Crippen LogP contribution in [0, 0.1) is 0 Å². The summed E-state index contributed by atoms with van der Waals surface area (Å²) in [6.45, 7) is 5.31. The van der Waals surface area contributed by atoms with Crippen molar-refractivity contribution in [1.29, 1.82) is 0 Å². The number of carbonyl (C=O) groups is 1. The molecule has 0 spiro atoms. The topological polar surface area (TPSA) is 102 Å². The lowest BCUT2D eigenvalue weighted by Crippen LogP contribution is -2.48. The lowest BCUT2D eigenvalue weighted by molar-refractivity contribution is -0.122. The number of fused-ring (bicyclic) bond motifs is 1. The van der Waals surface area contributed by atoms with E-state index in [0.717, 1.165) is 53.3 Å². The predicted molar refractivity (Wildman–Crippen MR) is 136 cm³/mol. The summed E-state index contributed by atoms with van der Waals surface area (Å²) in [5.74, 6) is -0.197. The zero-order chi connectivity index (χ0) is 24.2. The fourth-order valence-electron chi connectivity index (χ4n) is 4.69. The first-order valence-corrected chi connectivity index (χ1v) is 12.1. The van der Waals surface area contributed by atoms with Crippen LogP contribution in [0.4, 0.5) is 11.5 Å². The molecule has 1 unspecified atom stereocenters. The van der Waals surface area contributed by atoms with E-state index in [9.17, 15) is 14.4 Å². The largest absolute Gasteiger partial charge is 0.383 e. The second kappa shape index (κ2) is 10.2. The molecule has 8 nitrogen and oxygen atoms in total. The SMILES string of the molecule is CCCn1c(N)c(N2CCCCC2)c(=O)n(CC(=O)NC(C)c2ccc3ccccc3c2)c1=O. The molecule has 3 aromatic rings. The summed E-state index contributed by atoms with van der Waals surface area (Å²) in [4.78, 5) is 41.4. The van der Waals surface area contributed by atoms with Crippen molar-refractivity contribution in [2.24, 2.45) is 0 Å². The molecule has 2 aromatic carbocycles. The van der Waals surface area contributed by atoms with Gasteiger partial charge in [-0.15, -0.1) is 0 Å². The van der Waals surface area contributed by atoms with Crippen molar-refractivity contribution in [2.75, 3.05) is 23.7 Å². The van der Waals surface area contributed by atoms with Gasteiger partial charge in [0.2, 0.25) is 5.91 Å². The van der Waals surface area contributed by atoms with Crippen LogP contribution < -0.4 is 27.2 Å². The predicted octanol–water partition coefficient (Wildman–Crippen LogP) is 3.02. The number of nitrogens with zero attached hydrogens (tertiary/aromatic N) is 3. The molecular formula is C26H33N5O3. The van der Waals surface area contributed by atoms with E-state index >= 15 is 0 Å². The molecule has 4 rings (SSSR count). The first kappa shape index (κ1) is 23.6. The van der Waals surface area contributed by atoms with Crippen LogP contribution in [-0.2, 0) is 17.9 Å². The quantitative estimate of drug-likeness (QED) is 0.561. The molecule has 3 N–H and O–H groups in total. The van der Waals surface area contributed by atoms with Gasteiger partial charge in [-0.25, -0.2) is 9.36 Å². The molecule has 2 heterocycles. The molecule has 0 radical (unpaired) electrons. The Bertz CT molecular complexity index is 1300. The zero-order valence-electron chi connectivity index (χ0n) is 19.9. The van der Waals surface area contributed by atoms with Gasteiger partial charge in [0.15, 0.2) is 0 Å². The van der Waals surface area contributed by atoms with Crippen molar-refractivity contribution in [3.63, 3.8) is 0 Å². The summed E-state index contributed by atoms with van der Waals surface area (Å²) in [5.41, 5.74) is 6.56. The number of nitrogen functional groups attached to an aromatic ring is 1. The number of nitrogens with two attached hydrogens (primary N) is 1. The van der Waals surface area contributed by atoms with Crippen molar-refractivity contribution < 1.29 is 4.79 Å². The third-order valence-corrected chi connectivity index (χ3v) is 6.52. The summed E-state index contributed by atoms with van der Waals surface area (Å²) >= 11 is 0. The average molecular weight is 464 g/mol. The molecule has 1 atom stereocenters. The van der Waals surface area contributed by atoms with Gasteiger partial charge in [-0.05, 0) is 55.0 Å². The molecule has 1 aromatic heterocycles. The van der Waals surface area contributed by atoms with Gasteiger partial charge in [-0.3, -0.25) is 14.2 Å². The van der Waals surface area contributed by atoms with Crippen LogP contribution in [0.3, 0.4) is 0 Å². The molecule has 180 valence electrons. The third-order valence-electron chi connectivity index (χ3n) is 6.52. The van der Waals surface area contributed by atoms with E-state index in [1.807, 2.05) is 61.2 Å². The highest BCUT2D eigenvalue weighted by molar-refractivity contribution is 5.83. The Morgan fingerprint density at radius 1 is 1.03 bits per heavy atom. The smallest absolute Gasteiger partial charge is 0.333 e. The van der Waals surface area contributed by atoms with Gasteiger partial charge in [0.1, 0.15) is 18.1 Å². The Balaban J connectivity index is 1.61. The van der Waals surface area contributed by atoms with Gasteiger partial charge < -0.3 is 16.0 Å². The summed E-state index contributed by atoms with van der Waals surface area (Å²) in [7, 11) is 0. The molecule has 1 amide bonds. The minimum absolute atomic E-state index is 0.194. The number of hydrogen-bond acceptors (Lipinski definition) is 5. The fraction of sp³-hybridized carbons (Fsp3) is 0.423. The molecule has 1 fully saturated rings. The Morgan fingerprint density at radius 3 is 2.44 bits per heavy atom. The first-order valence-electron chi connectivity index (χ1n) is 12.1. The van der Waals surface area contributed by atoms with Crippen LogP contribution in [0.5, 0.6) is 0 Å². The van der Waals surface area contributed by atoms with E-state index in [-0.39, 0.29) is 18.4 Å². The van der Waals surface area contributed by atoms with Gasteiger partial charge in [0.05, 0.1) is 6.04 Å². The van der Waals surface area contributed by atoms with Crippen LogP contribution >= 0.6 is 0 Å². The van der Waals surface area contributed by atoms with E-state index in [0.29, 0.717) is 18.7 Å². The molecule has 1 aliphatic rings. The zero-order valence-corrected chi connectivity index (χ0v) is 19.9. The number of rotatable bonds is 7. The molecule has 0 bridgehead atoms. The van der Waals surface area contributed by atoms with Crippen molar-refractivity contribution >= 4 is 28.2 Å². The summed E-state index contributed by atoms with van der Waals surface area (Å²) in [5, 5.41) is 5.15. The number of piperidine rings is 1. The van der Waals surface area contributed by atoms with Crippen LogP contribution in [-0.4, -0.2) is 28.1 Å². The minimum atomic E-state index is -0.543. The lowest BCUT2D eigenvalue weighted by Gasteiger charge is -2.30. The van der Waals surface area contributed by atoms with Crippen LogP contribution in [0.1, 0.15) is 51.1 Å². The second-order valence-electron chi connectivity index (χ2n) is 9.00. The van der Waals surface area contributed by atoms with E-state index in [1.54, 1.807) is 0 Å². The number of anilines is 2. The molecule has 1 saturated heterocycles. The highest BCUT2D eigenvalue weighted by Gasteiger charge is 2.24. The summed E-state index contributed by atoms with van der Waals surface area (Å²) in [6.07, 6.45) is 3.73. The van der Waals surface area contributed by atoms with Crippen LogP contribution in [0.15, 0.2) is 52.1 Å². The molecule has 34 heavy (non-hydrogen) atoms. The van der Waals surface area contributed by atoms with Crippen LogP contribution in [0.2, 0.25) is 0 Å². The van der Waals surface area contributed by atoms with Gasteiger partial charge in [-0.2, -0.15) is 0 Å². The van der Waals surface area contributed by atoms with Crippen molar-refractivity contribution in [1.82, 2.24) is 14.5 Å². The normalized spacial score (nSPS) is 14.8. The van der Waals surface area contributed by atoms with Gasteiger partial charge >= 0.3 is 5.69 Å². The highest BCUT2D eigenvalue weighted by Crippen LogP contribution is 2.22.